The van der Waals surface area contributed by atoms with Crippen molar-refractivity contribution in [3.05, 3.63) is 47.9 Å². The van der Waals surface area contributed by atoms with Crippen LogP contribution in [0.3, 0.4) is 0 Å². The fourth-order valence-electron chi connectivity index (χ4n) is 4.63. The summed E-state index contributed by atoms with van der Waals surface area (Å²) in [4.78, 5) is 24.4. The first-order chi connectivity index (χ1) is 13.8. The molecule has 8 heteroatoms. The molecule has 2 aromatic rings. The summed E-state index contributed by atoms with van der Waals surface area (Å²) in [6.07, 6.45) is 1.30. The molecule has 3 atom stereocenters. The molecular formula is C21H21F3N2O3. The maximum Gasteiger partial charge on any atom is 0.418 e. The second kappa shape index (κ2) is 7.57. The lowest BCUT2D eigenvalue weighted by atomic mass is 9.86. The smallest absolute Gasteiger partial charge is 0.418 e. The fourth-order valence-corrected chi connectivity index (χ4v) is 4.63. The van der Waals surface area contributed by atoms with Crippen LogP contribution in [-0.2, 0) is 11.0 Å². The van der Waals surface area contributed by atoms with Gasteiger partial charge in [0.1, 0.15) is 0 Å². The van der Waals surface area contributed by atoms with E-state index in [1.165, 1.54) is 36.9 Å². The van der Waals surface area contributed by atoms with Gasteiger partial charge in [0, 0.05) is 12.1 Å². The van der Waals surface area contributed by atoms with Crippen molar-refractivity contribution >= 4 is 23.2 Å². The monoisotopic (exact) mass is 406 g/mol. The first kappa shape index (κ1) is 19.5. The zero-order chi connectivity index (χ0) is 20.6. The maximum absolute atomic E-state index is 13.5. The Morgan fingerprint density at radius 1 is 1.10 bits per heavy atom. The molecule has 0 aliphatic heterocycles. The van der Waals surface area contributed by atoms with Gasteiger partial charge in [-0.1, -0.05) is 6.42 Å². The van der Waals surface area contributed by atoms with Crippen LogP contribution in [0.4, 0.5) is 24.5 Å². The van der Waals surface area contributed by atoms with Crippen LogP contribution in [0.2, 0.25) is 0 Å². The van der Waals surface area contributed by atoms with E-state index in [9.17, 15) is 22.8 Å². The molecule has 2 N–H and O–H groups in total. The number of nitrogens with one attached hydrogen (secondary N) is 2. The van der Waals surface area contributed by atoms with Gasteiger partial charge >= 0.3 is 6.18 Å². The Hall–Kier alpha value is -2.77. The molecule has 0 spiro atoms. The molecule has 5 nitrogen and oxygen atoms in total. The minimum Gasteiger partial charge on any atom is -0.459 e. The Kier molecular flexibility index (Phi) is 5.10. The zero-order valence-electron chi connectivity index (χ0n) is 15.6. The van der Waals surface area contributed by atoms with E-state index in [1.54, 1.807) is 0 Å². The summed E-state index contributed by atoms with van der Waals surface area (Å²) >= 11 is 0. The fraction of sp³-hybridized carbons (Fsp3) is 0.429. The molecule has 2 amide bonds. The van der Waals surface area contributed by atoms with Crippen LogP contribution in [-0.4, -0.2) is 11.8 Å². The molecule has 29 heavy (non-hydrogen) atoms. The van der Waals surface area contributed by atoms with Crippen molar-refractivity contribution in [2.45, 2.75) is 38.3 Å². The molecule has 2 aliphatic rings. The van der Waals surface area contributed by atoms with Gasteiger partial charge in [0.25, 0.3) is 5.91 Å². The van der Waals surface area contributed by atoms with E-state index >= 15 is 0 Å². The number of benzene rings is 1. The van der Waals surface area contributed by atoms with E-state index in [0.29, 0.717) is 11.8 Å². The number of carbonyl (C=O) groups is 2. The van der Waals surface area contributed by atoms with Gasteiger partial charge in [-0.25, -0.2) is 0 Å². The Labute approximate surface area is 165 Å². The Morgan fingerprint density at radius 3 is 2.55 bits per heavy atom. The second-order valence-electron chi connectivity index (χ2n) is 7.88. The van der Waals surface area contributed by atoms with Gasteiger partial charge in [-0.2, -0.15) is 13.2 Å². The van der Waals surface area contributed by atoms with E-state index in [-0.39, 0.29) is 29.5 Å². The van der Waals surface area contributed by atoms with Gasteiger partial charge < -0.3 is 15.1 Å². The zero-order valence-corrected chi connectivity index (χ0v) is 15.6. The second-order valence-corrected chi connectivity index (χ2v) is 7.88. The molecule has 1 aromatic heterocycles. The number of amides is 2. The summed E-state index contributed by atoms with van der Waals surface area (Å²) in [7, 11) is 0. The Balaban J connectivity index is 1.47. The summed E-state index contributed by atoms with van der Waals surface area (Å²) in [6, 6.07) is 6.21. The third kappa shape index (κ3) is 4.31. The van der Waals surface area contributed by atoms with Crippen LogP contribution in [0.5, 0.6) is 0 Å². The topological polar surface area (TPSA) is 71.3 Å². The molecular weight excluding hydrogens is 385 g/mol. The highest BCUT2D eigenvalue weighted by atomic mass is 19.4. The van der Waals surface area contributed by atoms with Crippen molar-refractivity contribution in [1.29, 1.82) is 0 Å². The highest BCUT2D eigenvalue weighted by molar-refractivity contribution is 6.02. The average molecular weight is 406 g/mol. The van der Waals surface area contributed by atoms with Crippen molar-refractivity contribution in [2.24, 2.45) is 17.8 Å². The molecule has 0 saturated heterocycles. The summed E-state index contributed by atoms with van der Waals surface area (Å²) in [5.41, 5.74) is -1.34. The molecule has 3 unspecified atom stereocenters. The number of carbonyl (C=O) groups excluding carboxylic acids is 2. The summed E-state index contributed by atoms with van der Waals surface area (Å²) < 4.78 is 45.5. The van der Waals surface area contributed by atoms with Gasteiger partial charge in [0.2, 0.25) is 5.91 Å². The normalized spacial score (nSPS) is 23.2. The van der Waals surface area contributed by atoms with Gasteiger partial charge in [0.15, 0.2) is 5.76 Å². The molecule has 1 heterocycles. The van der Waals surface area contributed by atoms with Gasteiger partial charge in [-0.15, -0.1) is 0 Å². The predicted molar refractivity (Wildman–Crippen MR) is 100 cm³/mol. The van der Waals surface area contributed by atoms with Crippen molar-refractivity contribution in [1.82, 2.24) is 0 Å². The number of rotatable bonds is 5. The molecule has 1 aromatic carbocycles. The van der Waals surface area contributed by atoms with Crippen LogP contribution < -0.4 is 10.6 Å². The van der Waals surface area contributed by atoms with Crippen LogP contribution in [0, 0.1) is 17.8 Å². The average Bonchev–Trinajstić information content (AvgIpc) is 3.40. The standard InChI is InChI=1S/C21H21F3N2O3/c22-21(23,24)16-11-15(25-20(28)18-2-1-7-29-18)5-6-17(16)26-19(27)10-14-9-12-3-4-13(14)8-12/h1-2,5-7,11-14H,3-4,8-10H2,(H,25,28)(H,26,27). The highest BCUT2D eigenvalue weighted by Gasteiger charge is 2.40. The molecule has 154 valence electrons. The Morgan fingerprint density at radius 2 is 1.93 bits per heavy atom. The van der Waals surface area contributed by atoms with Gasteiger partial charge in [-0.3, -0.25) is 9.59 Å². The van der Waals surface area contributed by atoms with E-state index in [2.05, 4.69) is 10.6 Å². The maximum atomic E-state index is 13.5. The predicted octanol–water partition coefficient (Wildman–Crippen LogP) is 5.32. The summed E-state index contributed by atoms with van der Waals surface area (Å²) in [6.45, 7) is 0. The van der Waals surface area contributed by atoms with Crippen molar-refractivity contribution < 1.29 is 27.2 Å². The first-order valence-electron chi connectivity index (χ1n) is 9.65. The molecule has 2 saturated carbocycles. The number of anilines is 2. The third-order valence-electron chi connectivity index (χ3n) is 5.93. The minimum atomic E-state index is -4.68. The van der Waals surface area contributed by atoms with Crippen LogP contribution in [0.15, 0.2) is 41.0 Å². The van der Waals surface area contributed by atoms with Crippen molar-refractivity contribution in [3.63, 3.8) is 0 Å². The number of alkyl halides is 3. The lowest BCUT2D eigenvalue weighted by Crippen LogP contribution is -2.22. The number of hydrogen-bond acceptors (Lipinski definition) is 3. The van der Waals surface area contributed by atoms with E-state index in [1.807, 2.05) is 0 Å². The van der Waals surface area contributed by atoms with Crippen LogP contribution >= 0.6 is 0 Å². The van der Waals surface area contributed by atoms with E-state index < -0.39 is 23.6 Å². The minimum absolute atomic E-state index is 0.0122. The number of halogens is 3. The van der Waals surface area contributed by atoms with E-state index in [4.69, 9.17) is 4.42 Å². The summed E-state index contributed by atoms with van der Waals surface area (Å²) in [5, 5.41) is 4.79. The van der Waals surface area contributed by atoms with Gasteiger partial charge in [0.05, 0.1) is 17.5 Å². The third-order valence-corrected chi connectivity index (χ3v) is 5.93. The largest absolute Gasteiger partial charge is 0.459 e. The van der Waals surface area contributed by atoms with Crippen LogP contribution in [0.1, 0.15) is 48.2 Å². The van der Waals surface area contributed by atoms with Crippen molar-refractivity contribution in [2.75, 3.05) is 10.6 Å². The Bertz CT molecular complexity index is 908. The lowest BCUT2D eigenvalue weighted by Gasteiger charge is -2.21. The first-order valence-corrected chi connectivity index (χ1v) is 9.65. The van der Waals surface area contributed by atoms with Crippen LogP contribution in [0.25, 0.3) is 0 Å². The quantitative estimate of drug-likeness (QED) is 0.706. The number of hydrogen-bond donors (Lipinski definition) is 2. The molecule has 2 bridgehead atoms. The number of fused-ring (bicyclic) bond motifs is 2. The van der Waals surface area contributed by atoms with Crippen molar-refractivity contribution in [3.8, 4) is 0 Å². The SMILES string of the molecule is O=C(CC1CC2CCC1C2)Nc1ccc(NC(=O)c2ccco2)cc1C(F)(F)F. The lowest BCUT2D eigenvalue weighted by molar-refractivity contribution is -0.136. The summed E-state index contributed by atoms with van der Waals surface area (Å²) in [5.74, 6) is 0.376. The molecule has 2 fully saturated rings. The van der Waals surface area contributed by atoms with E-state index in [0.717, 1.165) is 25.3 Å². The molecule has 4 rings (SSSR count). The number of furan rings is 1. The highest BCUT2D eigenvalue weighted by Crippen LogP contribution is 2.49. The molecule has 0 radical (unpaired) electrons. The molecule has 2 aliphatic carbocycles. The van der Waals surface area contributed by atoms with Gasteiger partial charge in [-0.05, 0) is 67.3 Å².